The normalized spacial score (nSPS) is 15.8. The monoisotopic (exact) mass is 210 g/mol. The first kappa shape index (κ1) is 14.4. The molecule has 0 fully saturated rings. The Morgan fingerprint density at radius 2 is 2.00 bits per heavy atom. The summed E-state index contributed by atoms with van der Waals surface area (Å²) in [6.45, 7) is 14.0. The largest absolute Gasteiger partial charge is 0.327 e. The van der Waals surface area contributed by atoms with Crippen molar-refractivity contribution >= 4 is 0 Å². The van der Waals surface area contributed by atoms with Crippen molar-refractivity contribution in [3.8, 4) is 0 Å². The van der Waals surface area contributed by atoms with E-state index in [0.29, 0.717) is 5.92 Å². The first-order chi connectivity index (χ1) is 6.80. The van der Waals surface area contributed by atoms with E-state index in [9.17, 15) is 0 Å². The topological polar surface area (TPSA) is 52.0 Å². The highest BCUT2D eigenvalue weighted by atomic mass is 14.7. The van der Waals surface area contributed by atoms with E-state index in [1.807, 2.05) is 19.9 Å². The van der Waals surface area contributed by atoms with Gasteiger partial charge in [0.15, 0.2) is 0 Å². The third kappa shape index (κ3) is 6.47. The highest BCUT2D eigenvalue weighted by Crippen LogP contribution is 2.21. The maximum absolute atomic E-state index is 6.03. The Morgan fingerprint density at radius 1 is 1.47 bits per heavy atom. The Balaban J connectivity index is 4.12. The van der Waals surface area contributed by atoms with Gasteiger partial charge in [0.1, 0.15) is 0 Å². The average Bonchev–Trinajstić information content (AvgIpc) is 2.02. The van der Waals surface area contributed by atoms with Gasteiger partial charge in [-0.3, -0.25) is 0 Å². The molecule has 4 N–H and O–H groups in total. The number of hydrogen-bond acceptors (Lipinski definition) is 2. The first-order valence-electron chi connectivity index (χ1n) is 5.64. The van der Waals surface area contributed by atoms with Crippen LogP contribution in [0.3, 0.4) is 0 Å². The standard InChI is InChI=1S/C13H26N2/c1-6-11(7-2)10(3)8-12(14)9-13(4,5)15/h6,11-12H,1,3,7-9,14-15H2,2,4-5H3. The Hall–Kier alpha value is -0.600. The van der Waals surface area contributed by atoms with E-state index in [2.05, 4.69) is 20.1 Å². The molecule has 0 rings (SSSR count). The van der Waals surface area contributed by atoms with Crippen molar-refractivity contribution in [2.45, 2.75) is 51.6 Å². The molecule has 2 atom stereocenters. The molecule has 0 aliphatic rings. The molecule has 2 nitrogen and oxygen atoms in total. The van der Waals surface area contributed by atoms with Crippen molar-refractivity contribution in [3.05, 3.63) is 24.8 Å². The number of nitrogens with two attached hydrogens (primary N) is 2. The van der Waals surface area contributed by atoms with Crippen LogP contribution in [0.4, 0.5) is 0 Å². The van der Waals surface area contributed by atoms with Gasteiger partial charge in [0.05, 0.1) is 0 Å². The lowest BCUT2D eigenvalue weighted by Crippen LogP contribution is -2.39. The summed E-state index contributed by atoms with van der Waals surface area (Å²) >= 11 is 0. The molecule has 0 saturated heterocycles. The van der Waals surface area contributed by atoms with Crippen molar-refractivity contribution in [1.29, 1.82) is 0 Å². The highest BCUT2D eigenvalue weighted by Gasteiger charge is 2.18. The second kappa shape index (κ2) is 6.09. The fourth-order valence-electron chi connectivity index (χ4n) is 1.86. The molecule has 0 aromatic carbocycles. The molecule has 0 saturated carbocycles. The summed E-state index contributed by atoms with van der Waals surface area (Å²) in [6.07, 6.45) is 4.65. The van der Waals surface area contributed by atoms with Crippen molar-refractivity contribution in [3.63, 3.8) is 0 Å². The van der Waals surface area contributed by atoms with Crippen LogP contribution in [-0.4, -0.2) is 11.6 Å². The summed E-state index contributed by atoms with van der Waals surface area (Å²) in [5.41, 5.74) is 12.9. The van der Waals surface area contributed by atoms with Crippen LogP contribution in [0.2, 0.25) is 0 Å². The quantitative estimate of drug-likeness (QED) is 0.635. The zero-order valence-electron chi connectivity index (χ0n) is 10.4. The first-order valence-corrected chi connectivity index (χ1v) is 5.64. The van der Waals surface area contributed by atoms with E-state index in [1.54, 1.807) is 0 Å². The zero-order valence-corrected chi connectivity index (χ0v) is 10.4. The smallest absolute Gasteiger partial charge is 0.0112 e. The summed E-state index contributed by atoms with van der Waals surface area (Å²) in [5, 5.41) is 0. The van der Waals surface area contributed by atoms with Crippen LogP contribution in [0, 0.1) is 5.92 Å². The lowest BCUT2D eigenvalue weighted by atomic mass is 9.88. The van der Waals surface area contributed by atoms with Gasteiger partial charge < -0.3 is 11.5 Å². The van der Waals surface area contributed by atoms with Crippen LogP contribution in [0.1, 0.15) is 40.0 Å². The fourth-order valence-corrected chi connectivity index (χ4v) is 1.86. The Morgan fingerprint density at radius 3 is 2.33 bits per heavy atom. The average molecular weight is 210 g/mol. The molecular weight excluding hydrogens is 184 g/mol. The maximum Gasteiger partial charge on any atom is 0.0112 e. The van der Waals surface area contributed by atoms with E-state index < -0.39 is 0 Å². The van der Waals surface area contributed by atoms with Crippen molar-refractivity contribution in [1.82, 2.24) is 0 Å². The van der Waals surface area contributed by atoms with Crippen molar-refractivity contribution in [2.75, 3.05) is 0 Å². The minimum atomic E-state index is -0.199. The van der Waals surface area contributed by atoms with E-state index in [4.69, 9.17) is 11.5 Å². The van der Waals surface area contributed by atoms with Crippen LogP contribution >= 0.6 is 0 Å². The number of rotatable bonds is 7. The lowest BCUT2D eigenvalue weighted by molar-refractivity contribution is 0.415. The van der Waals surface area contributed by atoms with Gasteiger partial charge in [-0.1, -0.05) is 25.2 Å². The van der Waals surface area contributed by atoms with Crippen molar-refractivity contribution < 1.29 is 0 Å². The van der Waals surface area contributed by atoms with Crippen LogP contribution in [0.15, 0.2) is 24.8 Å². The molecule has 0 bridgehead atoms. The Kier molecular flexibility index (Phi) is 5.84. The van der Waals surface area contributed by atoms with E-state index >= 15 is 0 Å². The molecule has 0 amide bonds. The van der Waals surface area contributed by atoms with Crippen LogP contribution in [-0.2, 0) is 0 Å². The molecule has 0 radical (unpaired) electrons. The minimum Gasteiger partial charge on any atom is -0.327 e. The van der Waals surface area contributed by atoms with Gasteiger partial charge in [-0.05, 0) is 39.0 Å². The second-order valence-electron chi connectivity index (χ2n) is 5.07. The molecule has 0 aliphatic carbocycles. The lowest BCUT2D eigenvalue weighted by Gasteiger charge is -2.25. The maximum atomic E-state index is 6.03. The zero-order chi connectivity index (χ0) is 12.1. The van der Waals surface area contributed by atoms with Crippen LogP contribution in [0.25, 0.3) is 0 Å². The number of hydrogen-bond donors (Lipinski definition) is 2. The molecular formula is C13H26N2. The summed E-state index contributed by atoms with van der Waals surface area (Å²) in [4.78, 5) is 0. The summed E-state index contributed by atoms with van der Waals surface area (Å²) in [5.74, 6) is 0.386. The molecule has 0 heterocycles. The van der Waals surface area contributed by atoms with Gasteiger partial charge in [-0.15, -0.1) is 6.58 Å². The van der Waals surface area contributed by atoms with Gasteiger partial charge in [0, 0.05) is 11.6 Å². The molecule has 0 spiro atoms. The predicted molar refractivity (Wildman–Crippen MR) is 68.6 cm³/mol. The molecule has 2 heteroatoms. The van der Waals surface area contributed by atoms with E-state index in [0.717, 1.165) is 19.3 Å². The SMILES string of the molecule is C=CC(CC)C(=C)CC(N)CC(C)(C)N. The van der Waals surface area contributed by atoms with Gasteiger partial charge in [0.25, 0.3) is 0 Å². The second-order valence-corrected chi connectivity index (χ2v) is 5.07. The van der Waals surface area contributed by atoms with Gasteiger partial charge in [-0.2, -0.15) is 0 Å². The Labute approximate surface area is 94.4 Å². The highest BCUT2D eigenvalue weighted by molar-refractivity contribution is 5.09. The Bertz CT molecular complexity index is 213. The van der Waals surface area contributed by atoms with Crippen LogP contribution < -0.4 is 11.5 Å². The third-order valence-electron chi connectivity index (χ3n) is 2.56. The molecule has 0 aromatic heterocycles. The summed E-state index contributed by atoms with van der Waals surface area (Å²) in [7, 11) is 0. The summed E-state index contributed by atoms with van der Waals surface area (Å²) < 4.78 is 0. The van der Waals surface area contributed by atoms with E-state index in [-0.39, 0.29) is 11.6 Å². The van der Waals surface area contributed by atoms with Crippen LogP contribution in [0.5, 0.6) is 0 Å². The van der Waals surface area contributed by atoms with Gasteiger partial charge in [0.2, 0.25) is 0 Å². The fraction of sp³-hybridized carbons (Fsp3) is 0.692. The van der Waals surface area contributed by atoms with Gasteiger partial charge in [-0.25, -0.2) is 0 Å². The molecule has 2 unspecified atom stereocenters. The summed E-state index contributed by atoms with van der Waals surface area (Å²) in [6, 6.07) is 0.103. The van der Waals surface area contributed by atoms with Gasteiger partial charge >= 0.3 is 0 Å². The predicted octanol–water partition coefficient (Wildman–Crippen LogP) is 2.60. The number of allylic oxidation sites excluding steroid dienone is 1. The van der Waals surface area contributed by atoms with E-state index in [1.165, 1.54) is 5.57 Å². The molecule has 15 heavy (non-hydrogen) atoms. The third-order valence-corrected chi connectivity index (χ3v) is 2.56. The van der Waals surface area contributed by atoms with Crippen molar-refractivity contribution in [2.24, 2.45) is 17.4 Å². The molecule has 0 aliphatic heterocycles. The molecule has 88 valence electrons. The minimum absolute atomic E-state index is 0.103. The molecule has 0 aromatic rings.